The first kappa shape index (κ1) is 14.0. The number of carbonyl (C=O) groups is 2. The van der Waals surface area contributed by atoms with Gasteiger partial charge in [0.15, 0.2) is 5.69 Å². The molecule has 100 valence electrons. The van der Waals surface area contributed by atoms with Gasteiger partial charge >= 0.3 is 5.97 Å². The third-order valence-electron chi connectivity index (χ3n) is 2.28. The van der Waals surface area contributed by atoms with Crippen LogP contribution >= 0.6 is 34.3 Å². The molecule has 0 aromatic carbocycles. The number of hydrogen-bond donors (Lipinski definition) is 2. The van der Waals surface area contributed by atoms with E-state index in [1.807, 2.05) is 12.3 Å². The maximum absolute atomic E-state index is 11.9. The number of aromatic carboxylic acids is 1. The summed E-state index contributed by atoms with van der Waals surface area (Å²) in [6, 6.07) is 0. The lowest BCUT2D eigenvalue weighted by Gasteiger charge is -2.01. The van der Waals surface area contributed by atoms with Gasteiger partial charge in [-0.3, -0.25) is 4.79 Å². The Balaban J connectivity index is 2.00. The molecule has 2 N–H and O–H groups in total. The molecule has 1 amide bonds. The summed E-state index contributed by atoms with van der Waals surface area (Å²) >= 11 is 8.45. The highest BCUT2D eigenvalue weighted by molar-refractivity contribution is 7.13. The summed E-state index contributed by atoms with van der Waals surface area (Å²) in [4.78, 5) is 26.9. The predicted molar refractivity (Wildman–Crippen MR) is 74.3 cm³/mol. The van der Waals surface area contributed by atoms with Crippen molar-refractivity contribution in [1.29, 1.82) is 0 Å². The molecule has 0 aliphatic rings. The van der Waals surface area contributed by atoms with Crippen LogP contribution in [0.1, 0.15) is 30.7 Å². The zero-order valence-electron chi connectivity index (χ0n) is 9.77. The van der Waals surface area contributed by atoms with E-state index < -0.39 is 5.97 Å². The smallest absolute Gasteiger partial charge is 0.355 e. The van der Waals surface area contributed by atoms with E-state index in [2.05, 4.69) is 10.3 Å². The first-order valence-electron chi connectivity index (χ1n) is 5.18. The molecule has 2 aromatic rings. The first-order valence-corrected chi connectivity index (χ1v) is 7.32. The van der Waals surface area contributed by atoms with Gasteiger partial charge in [0.1, 0.15) is 9.88 Å². The van der Waals surface area contributed by atoms with Gasteiger partial charge in [0.25, 0.3) is 5.91 Å². The lowest BCUT2D eigenvalue weighted by atomic mass is 10.3. The van der Waals surface area contributed by atoms with Crippen LogP contribution in [0.2, 0.25) is 5.02 Å². The van der Waals surface area contributed by atoms with Crippen LogP contribution in [0.25, 0.3) is 0 Å². The van der Waals surface area contributed by atoms with Crippen molar-refractivity contribution < 1.29 is 14.7 Å². The van der Waals surface area contributed by atoms with E-state index in [4.69, 9.17) is 16.7 Å². The topological polar surface area (TPSA) is 79.3 Å². The highest BCUT2D eigenvalue weighted by Crippen LogP contribution is 2.26. The minimum Gasteiger partial charge on any atom is -0.476 e. The Bertz CT molecular complexity index is 636. The van der Waals surface area contributed by atoms with Gasteiger partial charge in [-0.1, -0.05) is 11.6 Å². The number of carboxylic acids is 1. The number of halogens is 1. The quantitative estimate of drug-likeness (QED) is 0.909. The maximum Gasteiger partial charge on any atom is 0.355 e. The Morgan fingerprint density at radius 1 is 1.42 bits per heavy atom. The van der Waals surface area contributed by atoms with Gasteiger partial charge in [-0.25, -0.2) is 9.78 Å². The highest BCUT2D eigenvalue weighted by atomic mass is 35.5. The molecule has 2 heterocycles. The number of hydrogen-bond acceptors (Lipinski definition) is 5. The van der Waals surface area contributed by atoms with Gasteiger partial charge in [0.05, 0.1) is 11.6 Å². The second kappa shape index (κ2) is 5.68. The van der Waals surface area contributed by atoms with E-state index in [1.165, 1.54) is 28.1 Å². The number of aromatic nitrogens is 1. The van der Waals surface area contributed by atoms with Crippen LogP contribution < -0.4 is 5.32 Å². The summed E-state index contributed by atoms with van der Waals surface area (Å²) in [6.45, 7) is 2.01. The molecule has 0 unspecified atom stereocenters. The van der Waals surface area contributed by atoms with Crippen LogP contribution in [0.5, 0.6) is 0 Å². The fraction of sp³-hybridized carbons (Fsp3) is 0.182. The molecule has 0 fully saturated rings. The van der Waals surface area contributed by atoms with Crippen molar-refractivity contribution in [2.24, 2.45) is 0 Å². The van der Waals surface area contributed by atoms with Crippen molar-refractivity contribution in [1.82, 2.24) is 10.3 Å². The van der Waals surface area contributed by atoms with Crippen LogP contribution in [-0.2, 0) is 6.54 Å². The summed E-state index contributed by atoms with van der Waals surface area (Å²) in [5.41, 5.74) is 0.846. The third-order valence-corrected chi connectivity index (χ3v) is 4.82. The molecule has 0 aliphatic heterocycles. The zero-order chi connectivity index (χ0) is 14.0. The summed E-state index contributed by atoms with van der Waals surface area (Å²) in [7, 11) is 0. The Hall–Kier alpha value is -1.44. The number of carbonyl (C=O) groups excluding carboxylic acids is 1. The minimum atomic E-state index is -1.08. The van der Waals surface area contributed by atoms with E-state index in [9.17, 15) is 9.59 Å². The molecular formula is C11H9ClN2O3S2. The lowest BCUT2D eigenvalue weighted by molar-refractivity contribution is 0.0691. The Morgan fingerprint density at radius 2 is 2.16 bits per heavy atom. The molecule has 19 heavy (non-hydrogen) atoms. The van der Waals surface area contributed by atoms with Crippen molar-refractivity contribution in [3.05, 3.63) is 36.9 Å². The Kier molecular flexibility index (Phi) is 4.18. The van der Waals surface area contributed by atoms with Crippen LogP contribution in [0, 0.1) is 6.92 Å². The van der Waals surface area contributed by atoms with Gasteiger partial charge in [-0.05, 0) is 17.9 Å². The average molecular weight is 317 g/mol. The van der Waals surface area contributed by atoms with Crippen LogP contribution in [0.4, 0.5) is 0 Å². The van der Waals surface area contributed by atoms with Gasteiger partial charge in [-0.15, -0.1) is 22.7 Å². The van der Waals surface area contributed by atoms with Gasteiger partial charge in [0, 0.05) is 5.38 Å². The Morgan fingerprint density at radius 3 is 2.68 bits per heavy atom. The summed E-state index contributed by atoms with van der Waals surface area (Å²) < 4.78 is 0. The average Bonchev–Trinajstić information content (AvgIpc) is 2.95. The number of nitrogens with zero attached hydrogens (tertiary/aromatic N) is 1. The molecule has 8 heteroatoms. The number of thiazole rings is 1. The third kappa shape index (κ3) is 3.12. The second-order valence-electron chi connectivity index (χ2n) is 3.68. The molecule has 0 aliphatic carbocycles. The number of carboxylic acid groups (broad SMARTS) is 1. The molecule has 5 nitrogen and oxygen atoms in total. The van der Waals surface area contributed by atoms with Crippen LogP contribution in [0.15, 0.2) is 10.8 Å². The standard InChI is InChI=1S/C11H9ClN2O3S2/c1-5-3-19-9(8(5)12)10(15)13-2-7-14-6(4-18-7)11(16)17/h3-4H,2H2,1H3,(H,13,15)(H,16,17). The van der Waals surface area contributed by atoms with Gasteiger partial charge in [0.2, 0.25) is 0 Å². The molecule has 0 saturated carbocycles. The summed E-state index contributed by atoms with van der Waals surface area (Å²) in [6.07, 6.45) is 0. The second-order valence-corrected chi connectivity index (χ2v) is 5.88. The fourth-order valence-electron chi connectivity index (χ4n) is 1.31. The number of nitrogens with one attached hydrogen (secondary N) is 1. The molecular weight excluding hydrogens is 308 g/mol. The van der Waals surface area contributed by atoms with E-state index in [0.29, 0.717) is 14.9 Å². The highest BCUT2D eigenvalue weighted by Gasteiger charge is 2.15. The van der Waals surface area contributed by atoms with Crippen molar-refractivity contribution in [3.63, 3.8) is 0 Å². The molecule has 2 aromatic heterocycles. The van der Waals surface area contributed by atoms with Crippen LogP contribution in [0.3, 0.4) is 0 Å². The molecule has 0 radical (unpaired) electrons. The number of rotatable bonds is 4. The van der Waals surface area contributed by atoms with E-state index in [-0.39, 0.29) is 18.1 Å². The van der Waals surface area contributed by atoms with Crippen molar-refractivity contribution in [3.8, 4) is 0 Å². The number of aryl methyl sites for hydroxylation is 1. The molecule has 0 atom stereocenters. The first-order chi connectivity index (χ1) is 8.99. The molecule has 0 bridgehead atoms. The van der Waals surface area contributed by atoms with Crippen molar-refractivity contribution in [2.75, 3.05) is 0 Å². The van der Waals surface area contributed by atoms with E-state index in [0.717, 1.165) is 5.56 Å². The number of thiophene rings is 1. The minimum absolute atomic E-state index is 0.0146. The molecule has 0 saturated heterocycles. The van der Waals surface area contributed by atoms with E-state index >= 15 is 0 Å². The van der Waals surface area contributed by atoms with Crippen LogP contribution in [-0.4, -0.2) is 22.0 Å². The number of amides is 1. The lowest BCUT2D eigenvalue weighted by Crippen LogP contribution is -2.22. The molecule has 0 spiro atoms. The molecule has 2 rings (SSSR count). The van der Waals surface area contributed by atoms with Crippen molar-refractivity contribution in [2.45, 2.75) is 13.5 Å². The fourth-order valence-corrected chi connectivity index (χ4v) is 3.21. The summed E-state index contributed by atoms with van der Waals surface area (Å²) in [5, 5.41) is 15.6. The van der Waals surface area contributed by atoms with E-state index in [1.54, 1.807) is 0 Å². The SMILES string of the molecule is Cc1csc(C(=O)NCc2nc(C(=O)O)cs2)c1Cl. The maximum atomic E-state index is 11.9. The van der Waals surface area contributed by atoms with Gasteiger partial charge < -0.3 is 10.4 Å². The summed E-state index contributed by atoms with van der Waals surface area (Å²) in [5.74, 6) is -1.36. The normalized spacial score (nSPS) is 10.4. The largest absolute Gasteiger partial charge is 0.476 e. The van der Waals surface area contributed by atoms with Crippen molar-refractivity contribution >= 4 is 46.2 Å². The van der Waals surface area contributed by atoms with Gasteiger partial charge in [-0.2, -0.15) is 0 Å². The zero-order valence-corrected chi connectivity index (χ0v) is 12.2. The monoisotopic (exact) mass is 316 g/mol. The predicted octanol–water partition coefficient (Wildman–Crippen LogP) is 2.79. The Labute approximate surface area is 121 Å².